The van der Waals surface area contributed by atoms with Crippen LogP contribution in [0.2, 0.25) is 0 Å². The number of carbonyl (C=O) groups is 3. The van der Waals surface area contributed by atoms with E-state index in [1.54, 1.807) is 0 Å². The zero-order valence-electron chi connectivity index (χ0n) is 26.1. The molecule has 1 aromatic carbocycles. The van der Waals surface area contributed by atoms with Gasteiger partial charge in [-0.1, -0.05) is 28.3 Å². The topological polar surface area (TPSA) is 291 Å². The number of anilines is 1. The highest BCUT2D eigenvalue weighted by atomic mass is 32.2. The molecule has 5 N–H and O–H groups in total. The van der Waals surface area contributed by atoms with Crippen molar-refractivity contribution in [3.8, 4) is 0 Å². The van der Waals surface area contributed by atoms with Crippen molar-refractivity contribution in [2.75, 3.05) is 5.01 Å². The third kappa shape index (κ3) is 9.36. The third-order valence-corrected chi connectivity index (χ3v) is 11.4. The van der Waals surface area contributed by atoms with Gasteiger partial charge in [-0.3, -0.25) is 33.4 Å². The Bertz CT molecular complexity index is 2100. The number of aromatic nitrogens is 2. The van der Waals surface area contributed by atoms with Crippen LogP contribution < -0.4 is 10.6 Å². The highest BCUT2D eigenvalue weighted by molar-refractivity contribution is 7.95. The Balaban J connectivity index is 1.65. The lowest BCUT2D eigenvalue weighted by Crippen LogP contribution is -2.44. The fourth-order valence-corrected chi connectivity index (χ4v) is 8.13. The van der Waals surface area contributed by atoms with Gasteiger partial charge in [0.25, 0.3) is 31.7 Å². The molecule has 1 saturated carbocycles. The number of H-pyrrole nitrogens is 1. The Kier molecular flexibility index (Phi) is 13.1. The molecule has 2 aromatic rings. The summed E-state index contributed by atoms with van der Waals surface area (Å²) in [5.41, 5.74) is -1.80. The second kappa shape index (κ2) is 16.7. The van der Waals surface area contributed by atoms with E-state index in [0.717, 1.165) is 16.6 Å². The maximum atomic E-state index is 13.5. The lowest BCUT2D eigenvalue weighted by atomic mass is 9.94. The number of benzene rings is 1. The van der Waals surface area contributed by atoms with Crippen molar-refractivity contribution in [1.29, 1.82) is 0 Å². The van der Waals surface area contributed by atoms with Crippen LogP contribution in [0.5, 0.6) is 0 Å². The average molecular weight is 793 g/mol. The number of carbonyl (C=O) groups excluding carboxylic acids is 3. The first-order valence-electron chi connectivity index (χ1n) is 14.2. The first-order valence-corrected chi connectivity index (χ1v) is 18.7. The number of nitrogens with zero attached hydrogens (tertiary/aromatic N) is 3. The van der Waals surface area contributed by atoms with Crippen LogP contribution in [0.25, 0.3) is 6.08 Å². The molecule has 1 aliphatic carbocycles. The van der Waals surface area contributed by atoms with Crippen LogP contribution in [0.3, 0.4) is 0 Å². The standard InChI is InChI=1S/C27H28N4O16S4/c1-14(32)24-18(26(34)30(28-24)20-12-16(48-46-44-36)8-10-22(20)49-47-45-37)6-4-3-5-7-19-25(15(2)33)29-31(27(19)35)21-13-17(50(38,39)40)9-11-23(21)51(41,42)43/h3-8,10,12,17,21,23,29,36-37H,9,11,13H2,1-2H3,(H,38,39,40)(H,41,42,43)/b4-3+,7-5+,18-6-. The SMILES string of the molecule is CC(=O)C1=NN(c2cc(SOOO)ccc2SOOO)C(=O)\C1=C/C=C/C=C/c1c(C(C)=O)[nH]n(C2CC(S(=O)(=O)O)CCC2S(=O)(=O)O)c1=O. The molecule has 1 fully saturated rings. The molecule has 1 amide bonds. The summed E-state index contributed by atoms with van der Waals surface area (Å²) in [6.45, 7) is 2.28. The van der Waals surface area contributed by atoms with Crippen LogP contribution in [0.1, 0.15) is 55.2 Å². The van der Waals surface area contributed by atoms with Gasteiger partial charge in [0.15, 0.2) is 11.6 Å². The zero-order chi connectivity index (χ0) is 37.7. The molecular weight excluding hydrogens is 765 g/mol. The molecule has 0 radical (unpaired) electrons. The number of aromatic amines is 1. The molecule has 276 valence electrons. The summed E-state index contributed by atoms with van der Waals surface area (Å²) < 4.78 is 77.0. The van der Waals surface area contributed by atoms with Gasteiger partial charge < -0.3 is 0 Å². The first-order chi connectivity index (χ1) is 24.0. The van der Waals surface area contributed by atoms with E-state index in [0.29, 0.717) is 29.0 Å². The van der Waals surface area contributed by atoms with Gasteiger partial charge in [-0.2, -0.15) is 26.9 Å². The van der Waals surface area contributed by atoms with Crippen LogP contribution in [0, 0.1) is 0 Å². The van der Waals surface area contributed by atoms with Crippen LogP contribution in [-0.4, -0.2) is 79.9 Å². The number of hydrogen-bond acceptors (Lipinski definition) is 17. The van der Waals surface area contributed by atoms with Gasteiger partial charge in [-0.15, -0.1) is 8.67 Å². The number of Topliss-reactive ketones (excluding diaryl/α,β-unsaturated/α-hetero) is 2. The Hall–Kier alpha value is -3.79. The normalized spacial score (nSPS) is 20.9. The highest BCUT2D eigenvalue weighted by Gasteiger charge is 2.44. The summed E-state index contributed by atoms with van der Waals surface area (Å²) in [7, 11) is -9.44. The molecule has 0 saturated heterocycles. The molecule has 0 spiro atoms. The monoisotopic (exact) mass is 792 g/mol. The minimum atomic E-state index is -4.80. The van der Waals surface area contributed by atoms with Crippen LogP contribution in [-0.2, 0) is 48.6 Å². The molecule has 1 aromatic heterocycles. The molecular formula is C27H28N4O16S4. The number of rotatable bonds is 15. The Morgan fingerprint density at radius 3 is 2.25 bits per heavy atom. The molecule has 0 bridgehead atoms. The quantitative estimate of drug-likeness (QED) is 0.0329. The molecule has 3 unspecified atom stereocenters. The predicted molar refractivity (Wildman–Crippen MR) is 178 cm³/mol. The second-order valence-corrected chi connectivity index (χ2v) is 15.6. The smallest absolute Gasteiger partial charge is 0.281 e. The van der Waals surface area contributed by atoms with E-state index in [4.69, 9.17) is 10.5 Å². The number of hydrazone groups is 1. The number of hydrogen-bond donors (Lipinski definition) is 5. The molecule has 20 nitrogen and oxygen atoms in total. The van der Waals surface area contributed by atoms with Gasteiger partial charge in [0.1, 0.15) is 16.7 Å². The van der Waals surface area contributed by atoms with Gasteiger partial charge in [-0.05, 0) is 49.6 Å². The highest BCUT2D eigenvalue weighted by Crippen LogP contribution is 2.38. The summed E-state index contributed by atoms with van der Waals surface area (Å²) in [6.07, 6.45) is 5.09. The molecule has 2 aliphatic rings. The minimum absolute atomic E-state index is 0.0391. The first kappa shape index (κ1) is 40.0. The Labute approximate surface area is 297 Å². The van der Waals surface area contributed by atoms with Gasteiger partial charge >= 0.3 is 0 Å². The predicted octanol–water partition coefficient (Wildman–Crippen LogP) is 2.96. The van der Waals surface area contributed by atoms with Crippen molar-refractivity contribution in [1.82, 2.24) is 9.78 Å². The number of allylic oxidation sites excluding steroid dienone is 4. The molecule has 3 atom stereocenters. The van der Waals surface area contributed by atoms with Crippen molar-refractivity contribution >= 4 is 79.3 Å². The Morgan fingerprint density at radius 2 is 1.65 bits per heavy atom. The van der Waals surface area contributed by atoms with Crippen molar-refractivity contribution in [3.05, 3.63) is 69.7 Å². The Morgan fingerprint density at radius 1 is 0.961 bits per heavy atom. The van der Waals surface area contributed by atoms with E-state index in [-0.39, 0.29) is 39.5 Å². The number of amides is 1. The van der Waals surface area contributed by atoms with Crippen molar-refractivity contribution < 1.29 is 69.6 Å². The minimum Gasteiger partial charge on any atom is -0.293 e. The van der Waals surface area contributed by atoms with Crippen molar-refractivity contribution in [3.63, 3.8) is 0 Å². The van der Waals surface area contributed by atoms with E-state index in [9.17, 15) is 45.1 Å². The van der Waals surface area contributed by atoms with Gasteiger partial charge in [0.05, 0.1) is 57.1 Å². The van der Waals surface area contributed by atoms with E-state index < -0.39 is 72.7 Å². The number of ketones is 2. The molecule has 24 heteroatoms. The summed E-state index contributed by atoms with van der Waals surface area (Å²) in [5, 5.41) is 28.7. The molecule has 51 heavy (non-hydrogen) atoms. The fraction of sp³-hybridized carbons (Fsp3) is 0.296. The van der Waals surface area contributed by atoms with E-state index in [1.165, 1.54) is 55.5 Å². The van der Waals surface area contributed by atoms with Crippen molar-refractivity contribution in [2.24, 2.45) is 5.10 Å². The van der Waals surface area contributed by atoms with Crippen LogP contribution >= 0.6 is 24.1 Å². The maximum Gasteiger partial charge on any atom is 0.281 e. The lowest BCUT2D eigenvalue weighted by Gasteiger charge is -2.33. The fourth-order valence-electron chi connectivity index (χ4n) is 5.34. The maximum absolute atomic E-state index is 13.5. The second-order valence-electron chi connectivity index (χ2n) is 10.7. The van der Waals surface area contributed by atoms with Gasteiger partial charge in [-0.25, -0.2) is 15.2 Å². The zero-order valence-corrected chi connectivity index (χ0v) is 29.4. The molecule has 1 aliphatic heterocycles. The molecule has 4 rings (SSSR count). The van der Waals surface area contributed by atoms with Crippen LogP contribution in [0.4, 0.5) is 5.69 Å². The largest absolute Gasteiger partial charge is 0.293 e. The van der Waals surface area contributed by atoms with E-state index >= 15 is 0 Å². The van der Waals surface area contributed by atoms with E-state index in [1.807, 2.05) is 0 Å². The summed E-state index contributed by atoms with van der Waals surface area (Å²) in [6, 6.07) is 2.76. The number of nitrogens with one attached hydrogen (secondary N) is 1. The average Bonchev–Trinajstić information content (AvgIpc) is 3.57. The third-order valence-electron chi connectivity index (χ3n) is 7.58. The van der Waals surface area contributed by atoms with Gasteiger partial charge in [0.2, 0.25) is 0 Å². The summed E-state index contributed by atoms with van der Waals surface area (Å²) in [5.74, 6) is -2.01. The van der Waals surface area contributed by atoms with E-state index in [2.05, 4.69) is 28.9 Å². The lowest BCUT2D eigenvalue weighted by molar-refractivity contribution is -0.432. The van der Waals surface area contributed by atoms with Crippen molar-refractivity contribution in [2.45, 2.75) is 59.4 Å². The van der Waals surface area contributed by atoms with Crippen LogP contribution in [0.15, 0.2) is 67.8 Å². The van der Waals surface area contributed by atoms with Gasteiger partial charge in [0, 0.05) is 18.7 Å². The molecule has 2 heterocycles. The summed E-state index contributed by atoms with van der Waals surface area (Å²) in [4.78, 5) is 52.2. The summed E-state index contributed by atoms with van der Waals surface area (Å²) >= 11 is 1.05.